The lowest BCUT2D eigenvalue weighted by Gasteiger charge is -2.41. The van der Waals surface area contributed by atoms with Gasteiger partial charge in [0.15, 0.2) is 5.78 Å². The number of aliphatic hydroxyl groups is 1. The van der Waals surface area contributed by atoms with Gasteiger partial charge in [-0.05, 0) is 38.0 Å². The van der Waals surface area contributed by atoms with Crippen molar-refractivity contribution in [2.45, 2.75) is 38.8 Å². The van der Waals surface area contributed by atoms with Crippen LogP contribution in [0.15, 0.2) is 22.7 Å². The first-order chi connectivity index (χ1) is 10.3. The Bertz CT molecular complexity index is 603. The second-order valence-electron chi connectivity index (χ2n) is 6.06. The molecule has 1 aliphatic carbocycles. The number of hydrogen-bond donors (Lipinski definition) is 2. The molecule has 0 spiro atoms. The molecule has 1 amide bonds. The van der Waals surface area contributed by atoms with Crippen LogP contribution in [0.3, 0.4) is 0 Å². The summed E-state index contributed by atoms with van der Waals surface area (Å²) in [6, 6.07) is 4.71. The number of rotatable bonds is 4. The van der Waals surface area contributed by atoms with Crippen molar-refractivity contribution >= 4 is 39.2 Å². The van der Waals surface area contributed by atoms with E-state index in [0.29, 0.717) is 29.8 Å². The number of amides is 1. The van der Waals surface area contributed by atoms with Gasteiger partial charge in [-0.15, -0.1) is 11.6 Å². The second-order valence-corrected chi connectivity index (χ2v) is 7.36. The molecule has 1 aromatic carbocycles. The van der Waals surface area contributed by atoms with Gasteiger partial charge >= 0.3 is 0 Å². The summed E-state index contributed by atoms with van der Waals surface area (Å²) >= 11 is 8.96. The van der Waals surface area contributed by atoms with Crippen molar-refractivity contribution in [1.29, 1.82) is 0 Å². The van der Waals surface area contributed by atoms with Gasteiger partial charge in [0.05, 0.1) is 17.6 Å². The number of nitrogens with one attached hydrogen (secondary N) is 1. The first-order valence-electron chi connectivity index (χ1n) is 7.16. The third kappa shape index (κ3) is 3.21. The third-order valence-electron chi connectivity index (χ3n) is 4.09. The van der Waals surface area contributed by atoms with Crippen molar-refractivity contribution in [2.24, 2.45) is 5.41 Å². The first-order valence-corrected chi connectivity index (χ1v) is 8.49. The molecule has 2 unspecified atom stereocenters. The topological polar surface area (TPSA) is 66.4 Å². The number of alkyl halides is 1. The van der Waals surface area contributed by atoms with Gasteiger partial charge in [0.2, 0.25) is 5.91 Å². The van der Waals surface area contributed by atoms with Crippen LogP contribution in [0.5, 0.6) is 0 Å². The summed E-state index contributed by atoms with van der Waals surface area (Å²) in [6.07, 6.45) is -0.104. The van der Waals surface area contributed by atoms with Crippen molar-refractivity contribution in [1.82, 2.24) is 5.32 Å². The maximum atomic E-state index is 12.6. The number of fused-ring (bicyclic) bond motifs is 1. The Morgan fingerprint density at radius 2 is 2.14 bits per heavy atom. The van der Waals surface area contributed by atoms with Crippen LogP contribution in [0.1, 0.15) is 48.7 Å². The lowest BCUT2D eigenvalue weighted by atomic mass is 9.68. The average Bonchev–Trinajstić information content (AvgIpc) is 2.48. The zero-order valence-corrected chi connectivity index (χ0v) is 14.9. The fraction of sp³-hybridized carbons (Fsp3) is 0.500. The van der Waals surface area contributed by atoms with Crippen LogP contribution < -0.4 is 5.32 Å². The van der Waals surface area contributed by atoms with E-state index in [4.69, 9.17) is 11.6 Å². The minimum atomic E-state index is -0.978. The molecule has 6 heteroatoms. The Labute approximate surface area is 143 Å². The molecule has 0 saturated heterocycles. The zero-order valence-electron chi connectivity index (χ0n) is 12.5. The molecule has 2 rings (SSSR count). The van der Waals surface area contributed by atoms with Crippen LogP contribution in [-0.4, -0.2) is 28.8 Å². The lowest BCUT2D eigenvalue weighted by Crippen LogP contribution is -2.51. The fourth-order valence-corrected chi connectivity index (χ4v) is 3.19. The van der Waals surface area contributed by atoms with E-state index < -0.39 is 17.6 Å². The van der Waals surface area contributed by atoms with E-state index in [0.717, 1.165) is 4.47 Å². The van der Waals surface area contributed by atoms with E-state index in [1.165, 1.54) is 0 Å². The SMILES string of the molecule is CC1(C)C(=O)c2cc(Br)ccc2C(NC(=O)CCCCl)C1O. The minimum absolute atomic E-state index is 0.123. The van der Waals surface area contributed by atoms with E-state index in [-0.39, 0.29) is 11.7 Å². The summed E-state index contributed by atoms with van der Waals surface area (Å²) in [7, 11) is 0. The van der Waals surface area contributed by atoms with Crippen LogP contribution in [0.2, 0.25) is 0 Å². The average molecular weight is 389 g/mol. The summed E-state index contributed by atoms with van der Waals surface area (Å²) in [5.41, 5.74) is 0.227. The van der Waals surface area contributed by atoms with Crippen molar-refractivity contribution in [3.8, 4) is 0 Å². The van der Waals surface area contributed by atoms with Gasteiger partial charge in [-0.2, -0.15) is 0 Å². The van der Waals surface area contributed by atoms with Gasteiger partial charge in [0, 0.05) is 22.3 Å². The van der Waals surface area contributed by atoms with E-state index >= 15 is 0 Å². The molecule has 1 aromatic rings. The smallest absolute Gasteiger partial charge is 0.220 e. The van der Waals surface area contributed by atoms with Gasteiger partial charge in [-0.25, -0.2) is 0 Å². The molecular formula is C16H19BrClNO3. The van der Waals surface area contributed by atoms with Gasteiger partial charge in [0.25, 0.3) is 0 Å². The van der Waals surface area contributed by atoms with E-state index in [9.17, 15) is 14.7 Å². The normalized spacial score (nSPS) is 23.0. The maximum Gasteiger partial charge on any atom is 0.220 e. The highest BCUT2D eigenvalue weighted by atomic mass is 79.9. The minimum Gasteiger partial charge on any atom is -0.390 e. The quantitative estimate of drug-likeness (QED) is 0.778. The summed E-state index contributed by atoms with van der Waals surface area (Å²) in [5.74, 6) is 0.111. The van der Waals surface area contributed by atoms with E-state index in [2.05, 4.69) is 21.2 Å². The van der Waals surface area contributed by atoms with Crippen LogP contribution in [0.4, 0.5) is 0 Å². The van der Waals surface area contributed by atoms with E-state index in [1.54, 1.807) is 32.0 Å². The predicted molar refractivity (Wildman–Crippen MR) is 89.1 cm³/mol. The van der Waals surface area contributed by atoms with Crippen LogP contribution in [-0.2, 0) is 4.79 Å². The molecule has 0 bridgehead atoms. The van der Waals surface area contributed by atoms with Gasteiger partial charge in [-0.3, -0.25) is 9.59 Å². The maximum absolute atomic E-state index is 12.6. The van der Waals surface area contributed by atoms with Gasteiger partial charge < -0.3 is 10.4 Å². The van der Waals surface area contributed by atoms with Crippen LogP contribution >= 0.6 is 27.5 Å². The number of carbonyl (C=O) groups is 2. The first kappa shape index (κ1) is 17.4. The Morgan fingerprint density at radius 1 is 1.45 bits per heavy atom. The van der Waals surface area contributed by atoms with Crippen molar-refractivity contribution < 1.29 is 14.7 Å². The second kappa shape index (κ2) is 6.69. The van der Waals surface area contributed by atoms with Crippen molar-refractivity contribution in [3.63, 3.8) is 0 Å². The molecule has 0 fully saturated rings. The lowest BCUT2D eigenvalue weighted by molar-refractivity contribution is -0.123. The largest absolute Gasteiger partial charge is 0.390 e. The third-order valence-corrected chi connectivity index (χ3v) is 4.85. The molecule has 4 nitrogen and oxygen atoms in total. The number of halogens is 2. The molecular weight excluding hydrogens is 370 g/mol. The van der Waals surface area contributed by atoms with Gasteiger partial charge in [-0.1, -0.05) is 22.0 Å². The standard InChI is InChI=1S/C16H19BrClNO3/c1-16(2)14(21)11-8-9(17)5-6-10(11)13(15(16)22)19-12(20)4-3-7-18/h5-6,8,13,15,22H,3-4,7H2,1-2H3,(H,19,20). The predicted octanol–water partition coefficient (Wildman–Crippen LogP) is 3.21. The van der Waals surface area contributed by atoms with Crippen molar-refractivity contribution in [3.05, 3.63) is 33.8 Å². The highest BCUT2D eigenvalue weighted by Gasteiger charge is 2.47. The molecule has 120 valence electrons. The summed E-state index contributed by atoms with van der Waals surface area (Å²) in [5, 5.41) is 13.4. The molecule has 1 aliphatic rings. The summed E-state index contributed by atoms with van der Waals surface area (Å²) < 4.78 is 0.791. The van der Waals surface area contributed by atoms with Crippen LogP contribution in [0.25, 0.3) is 0 Å². The number of benzene rings is 1. The molecule has 0 saturated carbocycles. The molecule has 2 atom stereocenters. The number of carbonyl (C=O) groups excluding carboxylic acids is 2. The Hall–Kier alpha value is -0.910. The highest BCUT2D eigenvalue weighted by molar-refractivity contribution is 9.10. The Balaban J connectivity index is 2.38. The van der Waals surface area contributed by atoms with E-state index in [1.807, 2.05) is 0 Å². The molecule has 22 heavy (non-hydrogen) atoms. The molecule has 0 heterocycles. The molecule has 0 aliphatic heterocycles. The Kier molecular flexibility index (Phi) is 5.30. The number of aliphatic hydroxyl groups excluding tert-OH is 1. The molecule has 0 radical (unpaired) electrons. The summed E-state index contributed by atoms with van der Waals surface area (Å²) in [6.45, 7) is 3.39. The number of ketones is 1. The zero-order chi connectivity index (χ0) is 16.5. The number of hydrogen-bond acceptors (Lipinski definition) is 3. The van der Waals surface area contributed by atoms with Gasteiger partial charge in [0.1, 0.15) is 0 Å². The number of Topliss-reactive ketones (excluding diaryl/α,β-unsaturated/α-hetero) is 1. The van der Waals surface area contributed by atoms with Crippen LogP contribution in [0, 0.1) is 5.41 Å². The Morgan fingerprint density at radius 3 is 2.77 bits per heavy atom. The highest BCUT2D eigenvalue weighted by Crippen LogP contribution is 2.41. The fourth-order valence-electron chi connectivity index (χ4n) is 2.69. The summed E-state index contributed by atoms with van der Waals surface area (Å²) in [4.78, 5) is 24.6. The molecule has 2 N–H and O–H groups in total. The monoisotopic (exact) mass is 387 g/mol. The van der Waals surface area contributed by atoms with Crippen molar-refractivity contribution in [2.75, 3.05) is 5.88 Å². The molecule has 0 aromatic heterocycles.